The largest absolute Gasteiger partial charge is 0.380 e. The van der Waals surface area contributed by atoms with E-state index in [0.29, 0.717) is 10.8 Å². The Morgan fingerprint density at radius 2 is 2.31 bits per heavy atom. The summed E-state index contributed by atoms with van der Waals surface area (Å²) in [6.45, 7) is 7.46. The van der Waals surface area contributed by atoms with Crippen LogP contribution in [0.1, 0.15) is 26.7 Å². The Hall–Kier alpha value is 0.270. The smallest absolute Gasteiger partial charge is 0.0619 e. The molecule has 1 aliphatic heterocycles. The summed E-state index contributed by atoms with van der Waals surface area (Å²) in [7, 11) is 0. The first-order valence-electron chi connectivity index (χ1n) is 5.00. The minimum atomic E-state index is 0.345. The molecular weight excluding hydrogens is 182 g/mol. The monoisotopic (exact) mass is 203 g/mol. The Labute approximate surface area is 85.8 Å². The lowest BCUT2D eigenvalue weighted by atomic mass is 10.1. The number of thioether (sulfide) groups is 1. The SMILES string of the molecule is CSC(C)(C)CNC1CCCOC1. The van der Waals surface area contributed by atoms with Crippen molar-refractivity contribution in [3.05, 3.63) is 0 Å². The molecule has 1 fully saturated rings. The first kappa shape index (κ1) is 11.3. The molecule has 1 aliphatic rings. The van der Waals surface area contributed by atoms with E-state index in [9.17, 15) is 0 Å². The van der Waals surface area contributed by atoms with Crippen LogP contribution in [-0.4, -0.2) is 36.8 Å². The van der Waals surface area contributed by atoms with E-state index >= 15 is 0 Å². The molecule has 1 unspecified atom stereocenters. The van der Waals surface area contributed by atoms with Crippen LogP contribution in [0.4, 0.5) is 0 Å². The zero-order valence-electron chi connectivity index (χ0n) is 8.93. The summed E-state index contributed by atoms with van der Waals surface area (Å²) in [6, 6.07) is 0.583. The highest BCUT2D eigenvalue weighted by Gasteiger charge is 2.19. The van der Waals surface area contributed by atoms with E-state index in [1.807, 2.05) is 11.8 Å². The van der Waals surface area contributed by atoms with Crippen molar-refractivity contribution in [1.29, 1.82) is 0 Å². The van der Waals surface area contributed by atoms with Crippen molar-refractivity contribution in [2.45, 2.75) is 37.5 Å². The van der Waals surface area contributed by atoms with E-state index < -0.39 is 0 Å². The minimum absolute atomic E-state index is 0.345. The van der Waals surface area contributed by atoms with Crippen molar-refractivity contribution in [2.75, 3.05) is 26.0 Å². The van der Waals surface area contributed by atoms with Crippen LogP contribution in [0.2, 0.25) is 0 Å². The van der Waals surface area contributed by atoms with Crippen LogP contribution < -0.4 is 5.32 Å². The number of hydrogen-bond acceptors (Lipinski definition) is 3. The quantitative estimate of drug-likeness (QED) is 0.754. The molecule has 0 aromatic heterocycles. The third-order valence-electron chi connectivity index (χ3n) is 2.53. The average Bonchev–Trinajstić information content (AvgIpc) is 2.17. The van der Waals surface area contributed by atoms with Crippen LogP contribution in [0.3, 0.4) is 0 Å². The van der Waals surface area contributed by atoms with Crippen LogP contribution in [0, 0.1) is 0 Å². The molecule has 0 bridgehead atoms. The summed E-state index contributed by atoms with van der Waals surface area (Å²) >= 11 is 1.91. The van der Waals surface area contributed by atoms with Crippen molar-refractivity contribution in [1.82, 2.24) is 5.32 Å². The minimum Gasteiger partial charge on any atom is -0.380 e. The molecule has 1 rings (SSSR count). The maximum absolute atomic E-state index is 5.41. The molecule has 2 nitrogen and oxygen atoms in total. The molecule has 13 heavy (non-hydrogen) atoms. The van der Waals surface area contributed by atoms with Gasteiger partial charge in [-0.2, -0.15) is 11.8 Å². The summed E-state index contributed by atoms with van der Waals surface area (Å²) in [5, 5.41) is 3.57. The van der Waals surface area contributed by atoms with Crippen molar-refractivity contribution in [3.8, 4) is 0 Å². The molecular formula is C10H21NOS. The van der Waals surface area contributed by atoms with Crippen LogP contribution in [0.15, 0.2) is 0 Å². The highest BCUT2D eigenvalue weighted by atomic mass is 32.2. The topological polar surface area (TPSA) is 21.3 Å². The Bertz CT molecular complexity index is 144. The molecule has 0 amide bonds. The lowest BCUT2D eigenvalue weighted by molar-refractivity contribution is 0.0700. The average molecular weight is 203 g/mol. The van der Waals surface area contributed by atoms with E-state index in [1.54, 1.807) is 0 Å². The second-order valence-electron chi connectivity index (χ2n) is 4.26. The second-order valence-corrected chi connectivity index (χ2v) is 5.77. The van der Waals surface area contributed by atoms with E-state index in [2.05, 4.69) is 25.4 Å². The fourth-order valence-electron chi connectivity index (χ4n) is 1.36. The Morgan fingerprint density at radius 1 is 1.54 bits per heavy atom. The van der Waals surface area contributed by atoms with E-state index in [4.69, 9.17) is 4.74 Å². The van der Waals surface area contributed by atoms with Gasteiger partial charge in [-0.05, 0) is 32.9 Å². The van der Waals surface area contributed by atoms with Crippen molar-refractivity contribution < 1.29 is 4.74 Å². The van der Waals surface area contributed by atoms with Gasteiger partial charge in [0.2, 0.25) is 0 Å². The molecule has 0 aromatic rings. The van der Waals surface area contributed by atoms with Gasteiger partial charge in [-0.25, -0.2) is 0 Å². The van der Waals surface area contributed by atoms with Crippen molar-refractivity contribution >= 4 is 11.8 Å². The van der Waals surface area contributed by atoms with Crippen molar-refractivity contribution in [2.24, 2.45) is 0 Å². The lowest BCUT2D eigenvalue weighted by Crippen LogP contribution is -2.43. The number of nitrogens with one attached hydrogen (secondary N) is 1. The highest BCUT2D eigenvalue weighted by molar-refractivity contribution is 7.99. The maximum atomic E-state index is 5.41. The van der Waals surface area contributed by atoms with Crippen LogP contribution in [0.25, 0.3) is 0 Å². The zero-order valence-corrected chi connectivity index (χ0v) is 9.75. The highest BCUT2D eigenvalue weighted by Crippen LogP contribution is 2.20. The second kappa shape index (κ2) is 5.23. The fraction of sp³-hybridized carbons (Fsp3) is 1.00. The van der Waals surface area contributed by atoms with Gasteiger partial charge in [0, 0.05) is 23.9 Å². The van der Waals surface area contributed by atoms with Crippen LogP contribution >= 0.6 is 11.8 Å². The fourth-order valence-corrected chi connectivity index (χ4v) is 1.59. The van der Waals surface area contributed by atoms with E-state index in [0.717, 1.165) is 19.8 Å². The predicted octanol–water partition coefficient (Wildman–Crippen LogP) is 1.90. The number of hydrogen-bond donors (Lipinski definition) is 1. The molecule has 3 heteroatoms. The first-order valence-corrected chi connectivity index (χ1v) is 6.23. The standard InChI is InChI=1S/C10H21NOS/c1-10(2,13-3)8-11-9-5-4-6-12-7-9/h9,11H,4-8H2,1-3H3. The zero-order chi connectivity index (χ0) is 9.73. The van der Waals surface area contributed by atoms with Gasteiger partial charge in [-0.15, -0.1) is 0 Å². The van der Waals surface area contributed by atoms with E-state index in [1.165, 1.54) is 12.8 Å². The van der Waals surface area contributed by atoms with Gasteiger partial charge in [0.15, 0.2) is 0 Å². The third kappa shape index (κ3) is 4.34. The van der Waals surface area contributed by atoms with Crippen LogP contribution in [0.5, 0.6) is 0 Å². The summed E-state index contributed by atoms with van der Waals surface area (Å²) in [5.74, 6) is 0. The molecule has 0 aromatic carbocycles. The molecule has 0 saturated carbocycles. The van der Waals surface area contributed by atoms with E-state index in [-0.39, 0.29) is 0 Å². The van der Waals surface area contributed by atoms with Crippen molar-refractivity contribution in [3.63, 3.8) is 0 Å². The molecule has 0 spiro atoms. The Kier molecular flexibility index (Phi) is 4.56. The normalized spacial score (nSPS) is 24.7. The summed E-state index contributed by atoms with van der Waals surface area (Å²) in [5.41, 5.74) is 0. The van der Waals surface area contributed by atoms with Gasteiger partial charge in [-0.3, -0.25) is 0 Å². The molecule has 78 valence electrons. The molecule has 1 N–H and O–H groups in total. The van der Waals surface area contributed by atoms with Gasteiger partial charge in [0.25, 0.3) is 0 Å². The van der Waals surface area contributed by atoms with Gasteiger partial charge in [0.05, 0.1) is 6.61 Å². The maximum Gasteiger partial charge on any atom is 0.0619 e. The molecule has 0 radical (unpaired) electrons. The van der Waals surface area contributed by atoms with Gasteiger partial charge in [0.1, 0.15) is 0 Å². The lowest BCUT2D eigenvalue weighted by Gasteiger charge is -2.28. The predicted molar refractivity (Wildman–Crippen MR) is 59.4 cm³/mol. The molecule has 1 saturated heterocycles. The summed E-state index contributed by atoms with van der Waals surface area (Å²) in [4.78, 5) is 0. The number of ether oxygens (including phenoxy) is 1. The Balaban J connectivity index is 2.17. The Morgan fingerprint density at radius 3 is 2.85 bits per heavy atom. The van der Waals surface area contributed by atoms with Gasteiger partial charge >= 0.3 is 0 Å². The molecule has 0 aliphatic carbocycles. The number of rotatable bonds is 4. The first-order chi connectivity index (χ1) is 6.14. The third-order valence-corrected chi connectivity index (χ3v) is 3.78. The molecule has 1 atom stereocenters. The van der Waals surface area contributed by atoms with Gasteiger partial charge < -0.3 is 10.1 Å². The van der Waals surface area contributed by atoms with Gasteiger partial charge in [-0.1, -0.05) is 0 Å². The molecule has 1 heterocycles. The van der Waals surface area contributed by atoms with Crippen LogP contribution in [-0.2, 0) is 4.74 Å². The summed E-state index contributed by atoms with van der Waals surface area (Å²) < 4.78 is 5.76. The summed E-state index contributed by atoms with van der Waals surface area (Å²) in [6.07, 6.45) is 4.64.